The minimum atomic E-state index is 0.423. The van der Waals surface area contributed by atoms with Crippen LogP contribution in [0.1, 0.15) is 10.4 Å². The molecule has 0 amide bonds. The van der Waals surface area contributed by atoms with Gasteiger partial charge in [0.2, 0.25) is 0 Å². The molecule has 0 saturated heterocycles. The number of benzene rings is 1. The van der Waals surface area contributed by atoms with Gasteiger partial charge in [-0.25, -0.2) is 0 Å². The van der Waals surface area contributed by atoms with Crippen molar-refractivity contribution in [2.45, 2.75) is 0 Å². The Hall–Kier alpha value is -1.61. The van der Waals surface area contributed by atoms with Crippen LogP contribution in [0.5, 0.6) is 0 Å². The monoisotopic (exact) mass is 207 g/mol. The molecule has 0 aliphatic carbocycles. The van der Waals surface area contributed by atoms with E-state index in [1.54, 1.807) is 24.3 Å². The summed E-state index contributed by atoms with van der Waals surface area (Å²) in [5.74, 6) is 0.447. The minimum Gasteiger partial charge on any atom is -0.356 e. The number of hydrogen-bond acceptors (Lipinski definition) is 3. The summed E-state index contributed by atoms with van der Waals surface area (Å²) in [6.07, 6.45) is 2.08. The molecule has 1 heterocycles. The molecule has 2 rings (SSSR count). The second kappa shape index (κ2) is 3.64. The lowest BCUT2D eigenvalue weighted by molar-refractivity contribution is 0.112. The second-order valence-electron chi connectivity index (χ2n) is 2.74. The number of carbonyl (C=O) groups excluding carboxylic acids is 1. The highest BCUT2D eigenvalue weighted by Gasteiger charge is 2.09. The summed E-state index contributed by atoms with van der Waals surface area (Å²) >= 11 is 5.81. The van der Waals surface area contributed by atoms with Gasteiger partial charge in [-0.3, -0.25) is 4.79 Å². The molecule has 0 spiro atoms. The van der Waals surface area contributed by atoms with E-state index in [0.29, 0.717) is 22.6 Å². The molecule has 2 aromatic rings. The standard InChI is InChI=1S/C10H6ClNO2/c11-9-3-1-2-7(4-9)10-8(6-13)5-12-14-10/h1-6H. The third-order valence-electron chi connectivity index (χ3n) is 1.81. The fourth-order valence-electron chi connectivity index (χ4n) is 1.18. The van der Waals surface area contributed by atoms with E-state index >= 15 is 0 Å². The first-order chi connectivity index (χ1) is 6.81. The SMILES string of the molecule is O=Cc1cnoc1-c1cccc(Cl)c1. The van der Waals surface area contributed by atoms with Crippen molar-refractivity contribution in [2.75, 3.05) is 0 Å². The van der Waals surface area contributed by atoms with E-state index in [9.17, 15) is 4.79 Å². The van der Waals surface area contributed by atoms with E-state index in [2.05, 4.69) is 5.16 Å². The lowest BCUT2D eigenvalue weighted by Crippen LogP contribution is -1.80. The predicted octanol–water partition coefficient (Wildman–Crippen LogP) is 2.81. The average Bonchev–Trinajstić information content (AvgIpc) is 2.65. The van der Waals surface area contributed by atoms with Crippen molar-refractivity contribution in [3.8, 4) is 11.3 Å². The first kappa shape index (κ1) is 8.97. The molecule has 0 atom stereocenters. The number of hydrogen-bond donors (Lipinski definition) is 0. The summed E-state index contributed by atoms with van der Waals surface area (Å²) in [5, 5.41) is 4.14. The molecular weight excluding hydrogens is 202 g/mol. The van der Waals surface area contributed by atoms with E-state index in [-0.39, 0.29) is 0 Å². The molecule has 0 N–H and O–H groups in total. The maximum absolute atomic E-state index is 10.6. The molecule has 0 bridgehead atoms. The van der Waals surface area contributed by atoms with Crippen molar-refractivity contribution in [3.05, 3.63) is 41.0 Å². The number of aldehydes is 1. The topological polar surface area (TPSA) is 43.1 Å². The smallest absolute Gasteiger partial charge is 0.177 e. The van der Waals surface area contributed by atoms with Crippen LogP contribution in [0.15, 0.2) is 35.0 Å². The van der Waals surface area contributed by atoms with Gasteiger partial charge in [-0.1, -0.05) is 28.9 Å². The molecule has 4 heteroatoms. The number of nitrogens with zero attached hydrogens (tertiary/aromatic N) is 1. The van der Waals surface area contributed by atoms with Gasteiger partial charge in [0, 0.05) is 10.6 Å². The van der Waals surface area contributed by atoms with Gasteiger partial charge in [-0.05, 0) is 12.1 Å². The second-order valence-corrected chi connectivity index (χ2v) is 3.17. The number of rotatable bonds is 2. The maximum Gasteiger partial charge on any atom is 0.177 e. The molecule has 1 aromatic heterocycles. The molecule has 3 nitrogen and oxygen atoms in total. The van der Waals surface area contributed by atoms with Crippen LogP contribution in [-0.4, -0.2) is 11.4 Å². The summed E-state index contributed by atoms with van der Waals surface area (Å²) in [7, 11) is 0. The largest absolute Gasteiger partial charge is 0.356 e. The van der Waals surface area contributed by atoms with Crippen LogP contribution < -0.4 is 0 Å². The van der Waals surface area contributed by atoms with Crippen LogP contribution in [0.4, 0.5) is 0 Å². The molecule has 0 radical (unpaired) electrons. The third-order valence-corrected chi connectivity index (χ3v) is 2.05. The van der Waals surface area contributed by atoms with E-state index in [1.807, 2.05) is 0 Å². The Morgan fingerprint density at radius 2 is 2.29 bits per heavy atom. The van der Waals surface area contributed by atoms with Crippen molar-refractivity contribution >= 4 is 17.9 Å². The van der Waals surface area contributed by atoms with Crippen molar-refractivity contribution in [2.24, 2.45) is 0 Å². The minimum absolute atomic E-state index is 0.423. The fraction of sp³-hybridized carbons (Fsp3) is 0. The van der Waals surface area contributed by atoms with E-state index in [0.717, 1.165) is 5.56 Å². The quantitative estimate of drug-likeness (QED) is 0.712. The van der Waals surface area contributed by atoms with Crippen LogP contribution in [0.25, 0.3) is 11.3 Å². The first-order valence-corrected chi connectivity index (χ1v) is 4.35. The Labute approximate surface area is 85.3 Å². The number of aromatic nitrogens is 1. The molecule has 0 aliphatic heterocycles. The molecule has 1 aromatic carbocycles. The Balaban J connectivity index is 2.54. The van der Waals surface area contributed by atoms with Crippen LogP contribution in [0.3, 0.4) is 0 Å². The Morgan fingerprint density at radius 1 is 1.43 bits per heavy atom. The van der Waals surface area contributed by atoms with Gasteiger partial charge in [0.05, 0.1) is 11.8 Å². The van der Waals surface area contributed by atoms with E-state index in [4.69, 9.17) is 16.1 Å². The van der Waals surface area contributed by atoms with Crippen molar-refractivity contribution in [1.29, 1.82) is 0 Å². The van der Waals surface area contributed by atoms with Gasteiger partial charge in [0.15, 0.2) is 12.0 Å². The van der Waals surface area contributed by atoms with Gasteiger partial charge in [-0.2, -0.15) is 0 Å². The lowest BCUT2D eigenvalue weighted by atomic mass is 10.1. The van der Waals surface area contributed by atoms with Gasteiger partial charge < -0.3 is 4.52 Å². The number of halogens is 1. The highest BCUT2D eigenvalue weighted by Crippen LogP contribution is 2.24. The molecule has 0 fully saturated rings. The van der Waals surface area contributed by atoms with Crippen LogP contribution in [-0.2, 0) is 0 Å². The highest BCUT2D eigenvalue weighted by atomic mass is 35.5. The van der Waals surface area contributed by atoms with Gasteiger partial charge in [0.1, 0.15) is 0 Å². The molecule has 0 saturated carbocycles. The molecule has 0 unspecified atom stereocenters. The normalized spacial score (nSPS) is 10.1. The van der Waals surface area contributed by atoms with E-state index < -0.39 is 0 Å². The van der Waals surface area contributed by atoms with Crippen LogP contribution >= 0.6 is 11.6 Å². The van der Waals surface area contributed by atoms with Crippen molar-refractivity contribution in [3.63, 3.8) is 0 Å². The molecular formula is C10H6ClNO2. The molecule has 70 valence electrons. The molecule has 14 heavy (non-hydrogen) atoms. The summed E-state index contributed by atoms with van der Waals surface area (Å²) in [6, 6.07) is 7.06. The van der Waals surface area contributed by atoms with Gasteiger partial charge in [0.25, 0.3) is 0 Å². The highest BCUT2D eigenvalue weighted by molar-refractivity contribution is 6.30. The lowest BCUT2D eigenvalue weighted by Gasteiger charge is -1.96. The third kappa shape index (κ3) is 1.54. The van der Waals surface area contributed by atoms with Crippen LogP contribution in [0.2, 0.25) is 5.02 Å². The zero-order valence-electron chi connectivity index (χ0n) is 7.11. The van der Waals surface area contributed by atoms with Crippen molar-refractivity contribution < 1.29 is 9.32 Å². The first-order valence-electron chi connectivity index (χ1n) is 3.97. The Morgan fingerprint density at radius 3 is 3.00 bits per heavy atom. The van der Waals surface area contributed by atoms with Gasteiger partial charge in [-0.15, -0.1) is 0 Å². The zero-order valence-corrected chi connectivity index (χ0v) is 7.86. The summed E-state index contributed by atoms with van der Waals surface area (Å²) in [4.78, 5) is 10.6. The van der Waals surface area contributed by atoms with Crippen LogP contribution in [0, 0.1) is 0 Å². The van der Waals surface area contributed by atoms with E-state index in [1.165, 1.54) is 6.20 Å². The summed E-state index contributed by atoms with van der Waals surface area (Å²) < 4.78 is 4.96. The summed E-state index contributed by atoms with van der Waals surface area (Å²) in [6.45, 7) is 0. The Bertz CT molecular complexity index is 465. The fourth-order valence-corrected chi connectivity index (χ4v) is 1.37. The predicted molar refractivity (Wildman–Crippen MR) is 52.3 cm³/mol. The summed E-state index contributed by atoms with van der Waals surface area (Å²) in [5.41, 5.74) is 1.17. The average molecular weight is 208 g/mol. The zero-order chi connectivity index (χ0) is 9.97. The number of carbonyl (C=O) groups is 1. The maximum atomic E-state index is 10.6. The van der Waals surface area contributed by atoms with Crippen molar-refractivity contribution in [1.82, 2.24) is 5.16 Å². The molecule has 0 aliphatic rings. The van der Waals surface area contributed by atoms with Gasteiger partial charge >= 0.3 is 0 Å². The Kier molecular flexibility index (Phi) is 2.33.